The number of hydrogen-bond donors (Lipinski definition) is 2. The molecule has 136 valence electrons. The summed E-state index contributed by atoms with van der Waals surface area (Å²) in [6, 6.07) is 6.88. The second-order valence-corrected chi connectivity index (χ2v) is 6.99. The van der Waals surface area contributed by atoms with Gasteiger partial charge < -0.3 is 20.2 Å². The zero-order valence-electron chi connectivity index (χ0n) is 15.2. The van der Waals surface area contributed by atoms with E-state index in [4.69, 9.17) is 0 Å². The zero-order chi connectivity index (χ0) is 18.2. The average molecular weight is 345 g/mol. The van der Waals surface area contributed by atoms with Crippen molar-refractivity contribution in [2.24, 2.45) is 0 Å². The number of aliphatic hydroxyl groups is 1. The summed E-state index contributed by atoms with van der Waals surface area (Å²) < 4.78 is 0. The predicted molar refractivity (Wildman–Crippen MR) is 96.2 cm³/mol. The number of anilines is 1. The number of carbonyl (C=O) groups excluding carboxylic acids is 2. The minimum Gasteiger partial charge on any atom is -0.364 e. The molecule has 3 rings (SSSR count). The van der Waals surface area contributed by atoms with Gasteiger partial charge in [0.15, 0.2) is 5.54 Å². The Kier molecular flexibility index (Phi) is 4.49. The van der Waals surface area contributed by atoms with Gasteiger partial charge in [0.05, 0.1) is 5.69 Å². The summed E-state index contributed by atoms with van der Waals surface area (Å²) in [5, 5.41) is 14.4. The summed E-state index contributed by atoms with van der Waals surface area (Å²) >= 11 is 0. The topological polar surface area (TPSA) is 72.9 Å². The van der Waals surface area contributed by atoms with Crippen molar-refractivity contribution >= 4 is 17.6 Å². The number of carbonyl (C=O) groups is 2. The Bertz CT molecular complexity index is 692. The molecular formula is C19H27N3O3. The minimum atomic E-state index is -1.70. The maximum atomic E-state index is 13.5. The van der Waals surface area contributed by atoms with Crippen LogP contribution in [0.4, 0.5) is 10.5 Å². The lowest BCUT2D eigenvalue weighted by atomic mass is 9.73. The van der Waals surface area contributed by atoms with Crippen molar-refractivity contribution in [1.29, 1.82) is 0 Å². The molecule has 1 fully saturated rings. The van der Waals surface area contributed by atoms with Crippen molar-refractivity contribution in [3.63, 3.8) is 0 Å². The van der Waals surface area contributed by atoms with Crippen molar-refractivity contribution in [1.82, 2.24) is 10.2 Å². The van der Waals surface area contributed by atoms with E-state index in [2.05, 4.69) is 5.32 Å². The summed E-state index contributed by atoms with van der Waals surface area (Å²) in [4.78, 5) is 29.4. The Balaban J connectivity index is 2.21. The summed E-state index contributed by atoms with van der Waals surface area (Å²) in [6.07, 6.45) is 3.76. The van der Waals surface area contributed by atoms with Gasteiger partial charge in [-0.1, -0.05) is 51.3 Å². The molecule has 0 saturated carbocycles. The standard InChI is InChI=1S/C19H27N3O3/c1-4-6-12-18-16(23)21(3)15-11-9-8-10-14(15)19(18,25)20-17(24)22(18)13-7-5-2/h8-11,25H,4-7,12-13H2,1-3H3,(H,20,24)/t18-,19-/m1/s1. The average Bonchev–Trinajstić information content (AvgIpc) is 2.84. The first-order valence-electron chi connectivity index (χ1n) is 9.13. The first-order valence-corrected chi connectivity index (χ1v) is 9.13. The van der Waals surface area contributed by atoms with E-state index < -0.39 is 11.3 Å². The molecular weight excluding hydrogens is 318 g/mol. The molecule has 1 saturated heterocycles. The molecule has 1 aromatic rings. The summed E-state index contributed by atoms with van der Waals surface area (Å²) in [6.45, 7) is 4.54. The molecule has 2 heterocycles. The summed E-state index contributed by atoms with van der Waals surface area (Å²) in [5.74, 6) is -0.225. The van der Waals surface area contributed by atoms with Crippen LogP contribution in [0.25, 0.3) is 0 Å². The highest BCUT2D eigenvalue weighted by molar-refractivity contribution is 6.08. The molecule has 0 radical (unpaired) electrons. The molecule has 2 N–H and O–H groups in total. The lowest BCUT2D eigenvalue weighted by Crippen LogP contribution is -2.70. The van der Waals surface area contributed by atoms with E-state index >= 15 is 0 Å². The fraction of sp³-hybridized carbons (Fsp3) is 0.579. The van der Waals surface area contributed by atoms with Crippen molar-refractivity contribution in [2.45, 2.75) is 57.2 Å². The van der Waals surface area contributed by atoms with Crippen LogP contribution in [0.15, 0.2) is 24.3 Å². The number of benzene rings is 1. The van der Waals surface area contributed by atoms with Gasteiger partial charge in [-0.15, -0.1) is 0 Å². The molecule has 2 aliphatic rings. The largest absolute Gasteiger partial charge is 0.364 e. The van der Waals surface area contributed by atoms with E-state index in [1.165, 1.54) is 0 Å². The number of unbranched alkanes of at least 4 members (excludes halogenated alkanes) is 2. The SMILES string of the molecule is CCCCN1C(=O)N[C@@]2(O)c3ccccc3N(C)C(=O)[C@@]12CCCC. The third-order valence-electron chi connectivity index (χ3n) is 5.53. The fourth-order valence-electron chi connectivity index (χ4n) is 4.18. The van der Waals surface area contributed by atoms with Crippen LogP contribution in [0.5, 0.6) is 0 Å². The first-order chi connectivity index (χ1) is 11.9. The van der Waals surface area contributed by atoms with Gasteiger partial charge in [-0.3, -0.25) is 4.79 Å². The van der Waals surface area contributed by atoms with Gasteiger partial charge in [0.2, 0.25) is 5.72 Å². The molecule has 0 unspecified atom stereocenters. The second kappa shape index (κ2) is 6.33. The van der Waals surface area contributed by atoms with E-state index in [0.29, 0.717) is 24.2 Å². The van der Waals surface area contributed by atoms with Crippen molar-refractivity contribution in [2.75, 3.05) is 18.5 Å². The Morgan fingerprint density at radius 2 is 1.80 bits per heavy atom. The highest BCUT2D eigenvalue weighted by Crippen LogP contribution is 2.51. The lowest BCUT2D eigenvalue weighted by molar-refractivity contribution is -0.150. The van der Waals surface area contributed by atoms with Gasteiger partial charge in [-0.05, 0) is 18.9 Å². The number of nitrogens with zero attached hydrogens (tertiary/aromatic N) is 2. The van der Waals surface area contributed by atoms with Crippen molar-refractivity contribution in [3.05, 3.63) is 29.8 Å². The number of urea groups is 1. The van der Waals surface area contributed by atoms with Crippen LogP contribution in [0.1, 0.15) is 51.5 Å². The van der Waals surface area contributed by atoms with Crippen molar-refractivity contribution < 1.29 is 14.7 Å². The van der Waals surface area contributed by atoms with Crippen LogP contribution in [0.3, 0.4) is 0 Å². The number of hydrogen-bond acceptors (Lipinski definition) is 3. The number of amides is 3. The molecule has 0 aliphatic carbocycles. The van der Waals surface area contributed by atoms with Crippen LogP contribution in [0.2, 0.25) is 0 Å². The van der Waals surface area contributed by atoms with Gasteiger partial charge in [0, 0.05) is 19.2 Å². The van der Waals surface area contributed by atoms with Crippen LogP contribution in [-0.2, 0) is 10.5 Å². The molecule has 1 aromatic carbocycles. The van der Waals surface area contributed by atoms with Gasteiger partial charge in [-0.25, -0.2) is 4.79 Å². The van der Waals surface area contributed by atoms with E-state index in [9.17, 15) is 14.7 Å². The normalized spacial score (nSPS) is 28.0. The number of nitrogens with one attached hydrogen (secondary N) is 1. The Morgan fingerprint density at radius 1 is 1.12 bits per heavy atom. The molecule has 3 amide bonds. The smallest absolute Gasteiger partial charge is 0.321 e. The third kappa shape index (κ3) is 2.27. The van der Waals surface area contributed by atoms with Crippen LogP contribution in [0, 0.1) is 0 Å². The Labute approximate surface area is 148 Å². The van der Waals surface area contributed by atoms with E-state index in [1.54, 1.807) is 29.0 Å². The van der Waals surface area contributed by atoms with Crippen molar-refractivity contribution in [3.8, 4) is 0 Å². The van der Waals surface area contributed by atoms with Crippen LogP contribution >= 0.6 is 0 Å². The maximum absolute atomic E-state index is 13.5. The quantitative estimate of drug-likeness (QED) is 0.832. The van der Waals surface area contributed by atoms with Gasteiger partial charge in [0.25, 0.3) is 5.91 Å². The monoisotopic (exact) mass is 345 g/mol. The highest BCUT2D eigenvalue weighted by Gasteiger charge is 2.70. The zero-order valence-corrected chi connectivity index (χ0v) is 15.2. The predicted octanol–water partition coefficient (Wildman–Crippen LogP) is 2.56. The molecule has 25 heavy (non-hydrogen) atoms. The molecule has 6 nitrogen and oxygen atoms in total. The molecule has 2 atom stereocenters. The summed E-state index contributed by atoms with van der Waals surface area (Å²) in [5.41, 5.74) is -1.77. The Hall–Kier alpha value is -2.08. The van der Waals surface area contributed by atoms with E-state index in [-0.39, 0.29) is 11.9 Å². The number of likely N-dealkylation sites (N-methyl/N-ethyl adjacent to an activating group) is 1. The number of rotatable bonds is 6. The fourth-order valence-corrected chi connectivity index (χ4v) is 4.18. The number of fused-ring (bicyclic) bond motifs is 3. The molecule has 0 spiro atoms. The summed E-state index contributed by atoms with van der Waals surface area (Å²) in [7, 11) is 1.72. The van der Waals surface area contributed by atoms with Gasteiger partial charge in [-0.2, -0.15) is 0 Å². The minimum absolute atomic E-state index is 0.225. The maximum Gasteiger partial charge on any atom is 0.321 e. The third-order valence-corrected chi connectivity index (χ3v) is 5.53. The molecule has 6 heteroatoms. The van der Waals surface area contributed by atoms with E-state index in [0.717, 1.165) is 25.7 Å². The van der Waals surface area contributed by atoms with Crippen LogP contribution in [-0.4, -0.2) is 41.1 Å². The first kappa shape index (κ1) is 17.7. The number of para-hydroxylation sites is 1. The van der Waals surface area contributed by atoms with Gasteiger partial charge >= 0.3 is 6.03 Å². The van der Waals surface area contributed by atoms with Crippen LogP contribution < -0.4 is 10.2 Å². The second-order valence-electron chi connectivity index (χ2n) is 6.99. The van der Waals surface area contributed by atoms with Gasteiger partial charge in [0.1, 0.15) is 0 Å². The highest BCUT2D eigenvalue weighted by atomic mass is 16.3. The molecule has 0 aromatic heterocycles. The lowest BCUT2D eigenvalue weighted by Gasteiger charge is -2.50. The molecule has 0 bridgehead atoms. The van der Waals surface area contributed by atoms with E-state index in [1.807, 2.05) is 26.0 Å². The molecule has 2 aliphatic heterocycles. The Morgan fingerprint density at radius 3 is 2.48 bits per heavy atom.